The molecule has 0 aliphatic rings. The lowest BCUT2D eigenvalue weighted by Gasteiger charge is -2.16. The Morgan fingerprint density at radius 2 is 1.55 bits per heavy atom. The van der Waals surface area contributed by atoms with E-state index in [0.29, 0.717) is 36.4 Å². The van der Waals surface area contributed by atoms with Gasteiger partial charge in [0.25, 0.3) is 0 Å². The Morgan fingerprint density at radius 3 is 2.08 bits per heavy atom. The third kappa shape index (κ3) is 9.77. The maximum atomic E-state index is 5.42. The van der Waals surface area contributed by atoms with Crippen molar-refractivity contribution in [3.63, 3.8) is 0 Å². The van der Waals surface area contributed by atoms with Gasteiger partial charge in [-0.2, -0.15) is 0 Å². The standard InChI is InChI=1S/C11H15N5.C8H16N4.C8H14N2/c1-8(2)6-16-7-11(14-15-16)10-4-5-12-9(3)13-10;1-6(2)7(3)12-5-8(4-9)10-11-12;1-7(2)8(3)10-5-4-9-6-10/h4-5,7-8H,6H2,1-3H3;5-7H,4,9H2,1-3H3;4-8H,1-3H3. The normalized spacial score (nSPS) is 12.7. The Morgan fingerprint density at radius 1 is 0.842 bits per heavy atom. The molecule has 0 spiro atoms. The van der Waals surface area contributed by atoms with Crippen LogP contribution in [0.5, 0.6) is 0 Å². The summed E-state index contributed by atoms with van der Waals surface area (Å²) in [5.41, 5.74) is 7.89. The predicted octanol–water partition coefficient (Wildman–Crippen LogP) is 4.75. The molecule has 4 aromatic rings. The number of nitrogens with two attached hydrogens (primary N) is 1. The molecular formula is C27H45N11. The first-order valence-electron chi connectivity index (χ1n) is 13.3. The molecular weight excluding hydrogens is 478 g/mol. The summed E-state index contributed by atoms with van der Waals surface area (Å²) >= 11 is 0. The van der Waals surface area contributed by atoms with E-state index >= 15 is 0 Å². The second kappa shape index (κ2) is 15.1. The van der Waals surface area contributed by atoms with E-state index in [9.17, 15) is 0 Å². The van der Waals surface area contributed by atoms with Crippen LogP contribution in [0.1, 0.15) is 79.0 Å². The zero-order chi connectivity index (χ0) is 28.2. The molecule has 4 aromatic heterocycles. The van der Waals surface area contributed by atoms with E-state index in [1.807, 2.05) is 53.5 Å². The van der Waals surface area contributed by atoms with Crippen LogP contribution in [0.25, 0.3) is 11.4 Å². The second-order valence-corrected chi connectivity index (χ2v) is 10.6. The summed E-state index contributed by atoms with van der Waals surface area (Å²) < 4.78 is 5.84. The van der Waals surface area contributed by atoms with Crippen molar-refractivity contribution in [2.24, 2.45) is 23.5 Å². The number of nitrogens with zero attached hydrogens (tertiary/aromatic N) is 10. The summed E-state index contributed by atoms with van der Waals surface area (Å²) in [6.07, 6.45) is 11.2. The number of hydrogen-bond donors (Lipinski definition) is 1. The largest absolute Gasteiger partial charge is 0.334 e. The Kier molecular flexibility index (Phi) is 12.2. The third-order valence-corrected chi connectivity index (χ3v) is 6.24. The van der Waals surface area contributed by atoms with Crippen LogP contribution in [0.3, 0.4) is 0 Å². The molecule has 0 saturated carbocycles. The molecule has 38 heavy (non-hydrogen) atoms. The summed E-state index contributed by atoms with van der Waals surface area (Å²) in [7, 11) is 0. The van der Waals surface area contributed by atoms with E-state index in [1.165, 1.54) is 0 Å². The fourth-order valence-corrected chi connectivity index (χ4v) is 3.24. The molecule has 0 aliphatic carbocycles. The topological polar surface area (TPSA) is 131 Å². The molecule has 0 bridgehead atoms. The number of hydrogen-bond acceptors (Lipinski definition) is 8. The van der Waals surface area contributed by atoms with E-state index < -0.39 is 0 Å². The van der Waals surface area contributed by atoms with Crippen LogP contribution < -0.4 is 5.73 Å². The first-order valence-corrected chi connectivity index (χ1v) is 13.3. The molecule has 0 aromatic carbocycles. The number of aromatic nitrogens is 10. The summed E-state index contributed by atoms with van der Waals surface area (Å²) in [4.78, 5) is 12.4. The lowest BCUT2D eigenvalue weighted by molar-refractivity contribution is 0.368. The van der Waals surface area contributed by atoms with Crippen LogP contribution >= 0.6 is 0 Å². The molecule has 208 valence electrons. The van der Waals surface area contributed by atoms with Gasteiger partial charge in [0, 0.05) is 37.7 Å². The van der Waals surface area contributed by atoms with Crippen LogP contribution in [0, 0.1) is 24.7 Å². The summed E-state index contributed by atoms with van der Waals surface area (Å²) in [6, 6.07) is 2.79. The average Bonchev–Trinajstić information content (AvgIpc) is 3.65. The molecule has 4 heterocycles. The number of rotatable bonds is 8. The lowest BCUT2D eigenvalue weighted by atomic mass is 10.1. The van der Waals surface area contributed by atoms with Crippen molar-refractivity contribution < 1.29 is 0 Å². The van der Waals surface area contributed by atoms with Gasteiger partial charge in [0.1, 0.15) is 11.5 Å². The minimum atomic E-state index is 0.387. The van der Waals surface area contributed by atoms with Gasteiger partial charge in [0.15, 0.2) is 0 Å². The molecule has 0 radical (unpaired) electrons. The highest BCUT2D eigenvalue weighted by Gasteiger charge is 2.11. The highest BCUT2D eigenvalue weighted by Crippen LogP contribution is 2.16. The Labute approximate surface area is 226 Å². The van der Waals surface area contributed by atoms with E-state index in [0.717, 1.165) is 29.5 Å². The van der Waals surface area contributed by atoms with Crippen molar-refractivity contribution in [3.8, 4) is 11.4 Å². The van der Waals surface area contributed by atoms with Crippen LogP contribution in [-0.4, -0.2) is 49.5 Å². The van der Waals surface area contributed by atoms with E-state index in [2.05, 4.69) is 95.5 Å². The average molecular weight is 524 g/mol. The fourth-order valence-electron chi connectivity index (χ4n) is 3.24. The first kappa shape index (κ1) is 30.8. The second-order valence-electron chi connectivity index (χ2n) is 10.6. The first-order chi connectivity index (χ1) is 18.0. The van der Waals surface area contributed by atoms with Crippen molar-refractivity contribution in [2.45, 2.75) is 87.5 Å². The molecule has 0 fully saturated rings. The van der Waals surface area contributed by atoms with Gasteiger partial charge in [0.2, 0.25) is 0 Å². The van der Waals surface area contributed by atoms with Gasteiger partial charge < -0.3 is 10.3 Å². The summed E-state index contributed by atoms with van der Waals surface area (Å²) in [6.45, 7) is 20.6. The van der Waals surface area contributed by atoms with E-state index in [4.69, 9.17) is 5.73 Å². The summed E-state index contributed by atoms with van der Waals surface area (Å²) in [5.74, 6) is 2.55. The molecule has 0 amide bonds. The minimum absolute atomic E-state index is 0.387. The molecule has 0 aliphatic heterocycles. The van der Waals surface area contributed by atoms with Gasteiger partial charge in [-0.3, -0.25) is 4.68 Å². The maximum absolute atomic E-state index is 5.42. The van der Waals surface area contributed by atoms with Gasteiger partial charge in [-0.15, -0.1) is 10.2 Å². The van der Waals surface area contributed by atoms with Crippen LogP contribution in [0.15, 0.2) is 43.4 Å². The highest BCUT2D eigenvalue weighted by molar-refractivity contribution is 5.51. The van der Waals surface area contributed by atoms with Crippen molar-refractivity contribution in [1.82, 2.24) is 49.5 Å². The Hall–Kier alpha value is -3.47. The minimum Gasteiger partial charge on any atom is -0.334 e. The zero-order valence-electron chi connectivity index (χ0n) is 24.4. The monoisotopic (exact) mass is 523 g/mol. The maximum Gasteiger partial charge on any atom is 0.131 e. The molecule has 2 N–H and O–H groups in total. The predicted molar refractivity (Wildman–Crippen MR) is 150 cm³/mol. The van der Waals surface area contributed by atoms with Crippen molar-refractivity contribution in [3.05, 3.63) is 54.9 Å². The van der Waals surface area contributed by atoms with Gasteiger partial charge in [0.05, 0.1) is 36.2 Å². The number of aryl methyl sites for hydroxylation is 1. The van der Waals surface area contributed by atoms with Gasteiger partial charge in [-0.1, -0.05) is 52.0 Å². The molecule has 0 saturated heterocycles. The SMILES string of the molecule is CC(C)C(C)n1cc(CN)nn1.CC(C)C(C)n1ccnc1.Cc1nccc(-c2cn(CC(C)C)nn2)n1. The van der Waals surface area contributed by atoms with Crippen molar-refractivity contribution in [1.29, 1.82) is 0 Å². The zero-order valence-corrected chi connectivity index (χ0v) is 24.4. The van der Waals surface area contributed by atoms with E-state index in [-0.39, 0.29) is 0 Å². The van der Waals surface area contributed by atoms with Crippen LogP contribution in [0.2, 0.25) is 0 Å². The van der Waals surface area contributed by atoms with E-state index in [1.54, 1.807) is 6.20 Å². The highest BCUT2D eigenvalue weighted by atomic mass is 15.4. The van der Waals surface area contributed by atoms with Gasteiger partial charge >= 0.3 is 0 Å². The lowest BCUT2D eigenvalue weighted by Crippen LogP contribution is -2.11. The smallest absolute Gasteiger partial charge is 0.131 e. The molecule has 11 nitrogen and oxygen atoms in total. The molecule has 2 unspecified atom stereocenters. The van der Waals surface area contributed by atoms with Crippen molar-refractivity contribution in [2.75, 3.05) is 0 Å². The van der Waals surface area contributed by atoms with Crippen LogP contribution in [0.4, 0.5) is 0 Å². The van der Waals surface area contributed by atoms with Crippen LogP contribution in [-0.2, 0) is 13.1 Å². The molecule has 2 atom stereocenters. The number of imidazole rings is 1. The van der Waals surface area contributed by atoms with Gasteiger partial charge in [-0.05, 0) is 44.6 Å². The fraction of sp³-hybridized carbons (Fsp3) is 0.593. The summed E-state index contributed by atoms with van der Waals surface area (Å²) in [5, 5.41) is 16.1. The molecule has 11 heteroatoms. The Balaban J connectivity index is 0.000000207. The third-order valence-electron chi connectivity index (χ3n) is 6.24. The van der Waals surface area contributed by atoms with Gasteiger partial charge in [-0.25, -0.2) is 19.6 Å². The molecule has 4 rings (SSSR count). The Bertz CT molecular complexity index is 1180. The quantitative estimate of drug-likeness (QED) is 0.350. The van der Waals surface area contributed by atoms with Crippen molar-refractivity contribution >= 4 is 0 Å².